The van der Waals surface area contributed by atoms with Crippen molar-refractivity contribution in [3.63, 3.8) is 0 Å². The molecule has 0 N–H and O–H groups in total. The van der Waals surface area contributed by atoms with Gasteiger partial charge in [0.25, 0.3) is 0 Å². The van der Waals surface area contributed by atoms with Gasteiger partial charge in [-0.25, -0.2) is 0 Å². The van der Waals surface area contributed by atoms with E-state index in [4.69, 9.17) is 0 Å². The van der Waals surface area contributed by atoms with Crippen LogP contribution in [0.3, 0.4) is 0 Å². The minimum absolute atomic E-state index is 0.255. The molecule has 0 aromatic heterocycles. The molecule has 0 heterocycles. The molecule has 114 valence electrons. The quantitative estimate of drug-likeness (QED) is 0.600. The van der Waals surface area contributed by atoms with Crippen LogP contribution in [0.5, 0.6) is 0 Å². The van der Waals surface area contributed by atoms with Crippen molar-refractivity contribution in [1.82, 2.24) is 0 Å². The summed E-state index contributed by atoms with van der Waals surface area (Å²) < 4.78 is 31.8. The number of sulfonamides is 1. The summed E-state index contributed by atoms with van der Waals surface area (Å²) in [6, 6.07) is 27.9. The van der Waals surface area contributed by atoms with E-state index in [0.717, 1.165) is 7.16 Å². The van der Waals surface area contributed by atoms with E-state index in [9.17, 15) is 8.42 Å². The molecular formula is C18H15NO2SSn. The number of nitrogens with zero attached hydrogens (tertiary/aromatic N) is 1. The summed E-state index contributed by atoms with van der Waals surface area (Å²) >= 11 is -2.90. The summed E-state index contributed by atoms with van der Waals surface area (Å²) in [5.41, 5.74) is 0. The summed E-state index contributed by atoms with van der Waals surface area (Å²) in [5.74, 6) is 0. The monoisotopic (exact) mass is 429 g/mol. The molecule has 5 heteroatoms. The van der Waals surface area contributed by atoms with Gasteiger partial charge in [-0.15, -0.1) is 0 Å². The summed E-state index contributed by atoms with van der Waals surface area (Å²) in [5, 5.41) is 0. The molecular weight excluding hydrogens is 413 g/mol. The van der Waals surface area contributed by atoms with Gasteiger partial charge in [-0.05, 0) is 0 Å². The normalized spacial score (nSPS) is 11.0. The molecule has 0 spiro atoms. The molecule has 0 bridgehead atoms. The Labute approximate surface area is 143 Å². The van der Waals surface area contributed by atoms with E-state index in [1.165, 1.54) is 0 Å². The molecule has 3 aromatic rings. The van der Waals surface area contributed by atoms with E-state index in [1.807, 2.05) is 60.7 Å². The maximum atomic E-state index is 12.7. The van der Waals surface area contributed by atoms with Crippen LogP contribution >= 0.6 is 0 Å². The third kappa shape index (κ3) is 3.95. The Morgan fingerprint density at radius 2 is 1.00 bits per heavy atom. The molecule has 0 unspecified atom stereocenters. The Bertz CT molecular complexity index is 868. The van der Waals surface area contributed by atoms with Gasteiger partial charge in [-0.2, -0.15) is 0 Å². The molecule has 3 aromatic carbocycles. The Balaban J connectivity index is 2.17. The fraction of sp³-hybridized carbons (Fsp3) is 0. The topological polar surface area (TPSA) is 46.5 Å². The van der Waals surface area contributed by atoms with Crippen molar-refractivity contribution in [3.8, 4) is 0 Å². The number of hydrogen-bond acceptors (Lipinski definition) is 2. The van der Waals surface area contributed by atoms with Crippen molar-refractivity contribution >= 4 is 36.8 Å². The van der Waals surface area contributed by atoms with Crippen LogP contribution in [0.15, 0.2) is 98.4 Å². The molecule has 0 aliphatic carbocycles. The zero-order chi connectivity index (χ0) is 16.1. The van der Waals surface area contributed by atoms with Gasteiger partial charge in [0, 0.05) is 0 Å². The van der Waals surface area contributed by atoms with Crippen LogP contribution < -0.4 is 7.16 Å². The van der Waals surface area contributed by atoms with Crippen LogP contribution in [-0.2, 0) is 10.0 Å². The van der Waals surface area contributed by atoms with Crippen LogP contribution in [0.1, 0.15) is 0 Å². The molecule has 0 aliphatic rings. The molecule has 23 heavy (non-hydrogen) atoms. The van der Waals surface area contributed by atoms with E-state index in [1.54, 1.807) is 30.3 Å². The molecule has 0 saturated heterocycles. The predicted molar refractivity (Wildman–Crippen MR) is 94.0 cm³/mol. The van der Waals surface area contributed by atoms with Gasteiger partial charge in [0.1, 0.15) is 0 Å². The molecule has 0 atom stereocenters. The van der Waals surface area contributed by atoms with Gasteiger partial charge in [0.05, 0.1) is 0 Å². The second-order valence-corrected chi connectivity index (χ2v) is 13.4. The molecule has 0 aliphatic heterocycles. The van der Waals surface area contributed by atoms with Crippen LogP contribution in [0.25, 0.3) is 0 Å². The van der Waals surface area contributed by atoms with Crippen LogP contribution in [0.2, 0.25) is 0 Å². The molecule has 0 radical (unpaired) electrons. The van der Waals surface area contributed by atoms with E-state index in [0.29, 0.717) is 0 Å². The Kier molecular flexibility index (Phi) is 5.03. The summed E-state index contributed by atoms with van der Waals surface area (Å²) in [6.07, 6.45) is 0. The Morgan fingerprint density at radius 3 is 1.43 bits per heavy atom. The third-order valence-corrected chi connectivity index (χ3v) is 13.3. The first kappa shape index (κ1) is 16.1. The zero-order valence-electron chi connectivity index (χ0n) is 12.3. The molecule has 0 amide bonds. The fourth-order valence-corrected chi connectivity index (χ4v) is 11.9. The van der Waals surface area contributed by atoms with Crippen LogP contribution in [-0.4, -0.2) is 28.0 Å². The van der Waals surface area contributed by atoms with Gasteiger partial charge in [0.15, 0.2) is 0 Å². The molecule has 3 rings (SSSR count). The van der Waals surface area contributed by atoms with Gasteiger partial charge < -0.3 is 0 Å². The van der Waals surface area contributed by atoms with Gasteiger partial charge in [-0.3, -0.25) is 0 Å². The molecule has 3 nitrogen and oxygen atoms in total. The standard InChI is InChI=1S/C6H5NO2S.2C6H5.Sn/c7-10(8,9)6-4-2-1-3-5-6;2*1-2-4-6-5-3-1;/h1-5H;2*1-5H;. The van der Waals surface area contributed by atoms with Crippen molar-refractivity contribution in [2.24, 2.45) is 2.56 Å². The zero-order valence-corrected chi connectivity index (χ0v) is 16.0. The van der Waals surface area contributed by atoms with Gasteiger partial charge >= 0.3 is 144 Å². The number of hydrogen-bond donors (Lipinski definition) is 0. The van der Waals surface area contributed by atoms with Crippen molar-refractivity contribution < 1.29 is 8.42 Å². The average Bonchev–Trinajstić information content (AvgIpc) is 2.62. The molecule has 0 fully saturated rings. The number of benzene rings is 3. The average molecular weight is 428 g/mol. The van der Waals surface area contributed by atoms with Crippen LogP contribution in [0, 0.1) is 0 Å². The maximum absolute atomic E-state index is 12.7. The third-order valence-electron chi connectivity index (χ3n) is 3.35. The van der Waals surface area contributed by atoms with E-state index in [2.05, 4.69) is 2.56 Å². The minimum atomic E-state index is -3.64. The second-order valence-electron chi connectivity index (χ2n) is 4.96. The van der Waals surface area contributed by atoms with Crippen molar-refractivity contribution in [2.45, 2.75) is 4.90 Å². The van der Waals surface area contributed by atoms with Gasteiger partial charge in [0.2, 0.25) is 0 Å². The Morgan fingerprint density at radius 1 is 0.609 bits per heavy atom. The fourth-order valence-electron chi connectivity index (χ4n) is 2.23. The van der Waals surface area contributed by atoms with Crippen molar-refractivity contribution in [1.29, 1.82) is 0 Å². The summed E-state index contributed by atoms with van der Waals surface area (Å²) in [7, 11) is -3.64. The van der Waals surface area contributed by atoms with Crippen molar-refractivity contribution in [3.05, 3.63) is 91.0 Å². The first-order valence-electron chi connectivity index (χ1n) is 7.18. The van der Waals surface area contributed by atoms with Crippen LogP contribution in [0.4, 0.5) is 0 Å². The molecule has 0 saturated carbocycles. The number of rotatable bonds is 4. The summed E-state index contributed by atoms with van der Waals surface area (Å²) in [6.45, 7) is 0. The second kappa shape index (κ2) is 7.19. The SMILES string of the molecule is O=S(=O)([N]=[Sn]([c]1ccccc1)[c]1ccccc1)c1ccccc1. The first-order valence-corrected chi connectivity index (χ1v) is 12.7. The van der Waals surface area contributed by atoms with E-state index >= 15 is 0 Å². The van der Waals surface area contributed by atoms with E-state index < -0.39 is 29.6 Å². The predicted octanol–water partition coefficient (Wildman–Crippen LogP) is 2.45. The van der Waals surface area contributed by atoms with Gasteiger partial charge in [-0.1, -0.05) is 0 Å². The Hall–Kier alpha value is -1.79. The van der Waals surface area contributed by atoms with Crippen molar-refractivity contribution in [2.75, 3.05) is 0 Å². The van der Waals surface area contributed by atoms with E-state index in [-0.39, 0.29) is 4.90 Å². The first-order chi connectivity index (χ1) is 11.2. The summed E-state index contributed by atoms with van der Waals surface area (Å²) in [4.78, 5) is 0.255.